The molecule has 1 N–H and O–H groups in total. The maximum Gasteiger partial charge on any atom is 0.337 e. The van der Waals surface area contributed by atoms with Crippen LogP contribution in [0.1, 0.15) is 57.4 Å². The number of carbonyl (C=O) groups excluding carboxylic acids is 2. The molecule has 0 spiro atoms. The number of amides is 1. The van der Waals surface area contributed by atoms with E-state index in [-0.39, 0.29) is 22.8 Å². The molecule has 174 valence electrons. The van der Waals surface area contributed by atoms with E-state index in [1.807, 2.05) is 0 Å². The van der Waals surface area contributed by atoms with Gasteiger partial charge in [-0.15, -0.1) is 0 Å². The SMILES string of the molecule is COC(=O)c1ccc(C(C)NC(=O)c2c(C)nn(C)c2Oc2cccc(C(C)(F)F)c2)cc1. The molecule has 2 aromatic carbocycles. The first-order chi connectivity index (χ1) is 15.5. The van der Waals surface area contributed by atoms with Crippen molar-refractivity contribution in [1.82, 2.24) is 15.1 Å². The number of rotatable bonds is 7. The fourth-order valence-electron chi connectivity index (χ4n) is 3.34. The monoisotopic (exact) mass is 457 g/mol. The van der Waals surface area contributed by atoms with Crippen LogP contribution in [0.3, 0.4) is 0 Å². The number of alkyl halides is 2. The maximum atomic E-state index is 13.7. The van der Waals surface area contributed by atoms with Gasteiger partial charge in [0.2, 0.25) is 5.88 Å². The van der Waals surface area contributed by atoms with Gasteiger partial charge in [0.1, 0.15) is 11.3 Å². The highest BCUT2D eigenvalue weighted by molar-refractivity contribution is 5.98. The summed E-state index contributed by atoms with van der Waals surface area (Å²) in [6.45, 7) is 4.26. The Morgan fingerprint density at radius 2 is 1.82 bits per heavy atom. The van der Waals surface area contributed by atoms with Crippen LogP contribution in [0.25, 0.3) is 0 Å². The van der Waals surface area contributed by atoms with Crippen LogP contribution in [-0.2, 0) is 17.7 Å². The van der Waals surface area contributed by atoms with E-state index in [0.717, 1.165) is 12.5 Å². The van der Waals surface area contributed by atoms with Crippen LogP contribution in [0, 0.1) is 6.92 Å². The van der Waals surface area contributed by atoms with Crippen molar-refractivity contribution in [1.29, 1.82) is 0 Å². The van der Waals surface area contributed by atoms with E-state index < -0.39 is 23.8 Å². The molecule has 0 radical (unpaired) electrons. The second-order valence-electron chi connectivity index (χ2n) is 7.72. The fraction of sp³-hybridized carbons (Fsp3) is 0.292. The lowest BCUT2D eigenvalue weighted by molar-refractivity contribution is 0.0172. The van der Waals surface area contributed by atoms with E-state index in [1.54, 1.807) is 45.2 Å². The predicted octanol–water partition coefficient (Wildman–Crippen LogP) is 4.91. The van der Waals surface area contributed by atoms with Gasteiger partial charge in [-0.2, -0.15) is 5.10 Å². The van der Waals surface area contributed by atoms with Gasteiger partial charge in [0.15, 0.2) is 0 Å². The van der Waals surface area contributed by atoms with Gasteiger partial charge >= 0.3 is 5.97 Å². The normalized spacial score (nSPS) is 12.2. The van der Waals surface area contributed by atoms with Gasteiger partial charge in [-0.1, -0.05) is 24.3 Å². The molecule has 0 saturated heterocycles. The molecule has 0 aliphatic heterocycles. The molecule has 0 aliphatic rings. The zero-order valence-corrected chi connectivity index (χ0v) is 19.0. The fourth-order valence-corrected chi connectivity index (χ4v) is 3.34. The summed E-state index contributed by atoms with van der Waals surface area (Å²) in [7, 11) is 2.91. The summed E-state index contributed by atoms with van der Waals surface area (Å²) < 4.78 is 39.3. The molecule has 1 aromatic heterocycles. The van der Waals surface area contributed by atoms with E-state index in [0.29, 0.717) is 11.3 Å². The largest absolute Gasteiger partial charge is 0.465 e. The van der Waals surface area contributed by atoms with Crippen molar-refractivity contribution < 1.29 is 27.8 Å². The number of halogens is 2. The number of nitrogens with zero attached hydrogens (tertiary/aromatic N) is 2. The van der Waals surface area contributed by atoms with E-state index >= 15 is 0 Å². The zero-order chi connectivity index (χ0) is 24.3. The van der Waals surface area contributed by atoms with Gasteiger partial charge in [-0.3, -0.25) is 4.79 Å². The second-order valence-corrected chi connectivity index (χ2v) is 7.72. The molecule has 7 nitrogen and oxygen atoms in total. The number of methoxy groups -OCH3 is 1. The molecule has 1 heterocycles. The van der Waals surface area contributed by atoms with Crippen LogP contribution in [0.2, 0.25) is 0 Å². The van der Waals surface area contributed by atoms with Crippen molar-refractivity contribution in [2.45, 2.75) is 32.7 Å². The number of benzene rings is 2. The lowest BCUT2D eigenvalue weighted by atomic mass is 10.1. The Morgan fingerprint density at radius 3 is 2.42 bits per heavy atom. The third-order valence-corrected chi connectivity index (χ3v) is 5.13. The third-order valence-electron chi connectivity index (χ3n) is 5.13. The zero-order valence-electron chi connectivity index (χ0n) is 19.0. The molecular formula is C24H25F2N3O4. The first-order valence-electron chi connectivity index (χ1n) is 10.2. The molecule has 33 heavy (non-hydrogen) atoms. The minimum Gasteiger partial charge on any atom is -0.465 e. The van der Waals surface area contributed by atoms with Gasteiger partial charge in [0.25, 0.3) is 11.8 Å². The van der Waals surface area contributed by atoms with E-state index in [2.05, 4.69) is 15.2 Å². The summed E-state index contributed by atoms with van der Waals surface area (Å²) in [5.41, 5.74) is 1.60. The number of ether oxygens (including phenoxy) is 2. The van der Waals surface area contributed by atoms with E-state index in [9.17, 15) is 18.4 Å². The summed E-state index contributed by atoms with van der Waals surface area (Å²) in [6.07, 6.45) is 0. The van der Waals surface area contributed by atoms with Gasteiger partial charge in [-0.05, 0) is 43.7 Å². The summed E-state index contributed by atoms with van der Waals surface area (Å²) in [5, 5.41) is 7.13. The Hall–Kier alpha value is -3.75. The maximum absolute atomic E-state index is 13.7. The van der Waals surface area contributed by atoms with Crippen LogP contribution in [0.4, 0.5) is 8.78 Å². The average molecular weight is 457 g/mol. The van der Waals surface area contributed by atoms with Crippen molar-refractivity contribution >= 4 is 11.9 Å². The number of hydrogen-bond acceptors (Lipinski definition) is 5. The first kappa shape index (κ1) is 23.9. The molecule has 0 bridgehead atoms. The Labute approximate surface area is 190 Å². The summed E-state index contributed by atoms with van der Waals surface area (Å²) in [6, 6.07) is 11.8. The van der Waals surface area contributed by atoms with Crippen molar-refractivity contribution in [2.24, 2.45) is 7.05 Å². The topological polar surface area (TPSA) is 82.5 Å². The Balaban J connectivity index is 1.82. The number of hydrogen-bond donors (Lipinski definition) is 1. The summed E-state index contributed by atoms with van der Waals surface area (Å²) in [5.74, 6) is -3.61. The summed E-state index contributed by atoms with van der Waals surface area (Å²) >= 11 is 0. The van der Waals surface area contributed by atoms with Gasteiger partial charge in [-0.25, -0.2) is 18.3 Å². The van der Waals surface area contributed by atoms with E-state index in [1.165, 1.54) is 36.1 Å². The van der Waals surface area contributed by atoms with Crippen LogP contribution in [0.15, 0.2) is 48.5 Å². The number of nitrogens with one attached hydrogen (secondary N) is 1. The van der Waals surface area contributed by atoms with Gasteiger partial charge in [0, 0.05) is 19.5 Å². The van der Waals surface area contributed by atoms with E-state index in [4.69, 9.17) is 4.74 Å². The molecule has 1 atom stereocenters. The predicted molar refractivity (Wildman–Crippen MR) is 118 cm³/mol. The number of aromatic nitrogens is 2. The molecule has 9 heteroatoms. The minimum atomic E-state index is -3.03. The van der Waals surface area contributed by atoms with Crippen molar-refractivity contribution in [2.75, 3.05) is 7.11 Å². The highest BCUT2D eigenvalue weighted by atomic mass is 19.3. The van der Waals surface area contributed by atoms with Crippen molar-refractivity contribution in [3.05, 3.63) is 76.5 Å². The Bertz CT molecular complexity index is 1170. The number of esters is 1. The van der Waals surface area contributed by atoms with Crippen LogP contribution in [-0.4, -0.2) is 28.8 Å². The molecule has 3 rings (SSSR count). The molecule has 0 saturated carbocycles. The van der Waals surface area contributed by atoms with Crippen LogP contribution in [0.5, 0.6) is 11.6 Å². The lowest BCUT2D eigenvalue weighted by Gasteiger charge is -2.16. The Kier molecular flexibility index (Phi) is 6.81. The highest BCUT2D eigenvalue weighted by Gasteiger charge is 2.27. The first-order valence-corrected chi connectivity index (χ1v) is 10.2. The summed E-state index contributed by atoms with van der Waals surface area (Å²) in [4.78, 5) is 24.7. The molecule has 0 aliphatic carbocycles. The molecule has 0 fully saturated rings. The molecule has 3 aromatic rings. The van der Waals surface area contributed by atoms with Crippen LogP contribution < -0.4 is 10.1 Å². The molecular weight excluding hydrogens is 432 g/mol. The average Bonchev–Trinajstić information content (AvgIpc) is 3.05. The molecule has 1 unspecified atom stereocenters. The lowest BCUT2D eigenvalue weighted by Crippen LogP contribution is -2.27. The standard InChI is InChI=1S/C24H25F2N3O4/c1-14(16-9-11-17(12-10-16)23(31)32-5)27-21(30)20-15(2)28-29(4)22(20)33-19-8-6-7-18(13-19)24(3,25)26/h6-14H,1-5H3,(H,27,30). The molecule has 1 amide bonds. The highest BCUT2D eigenvalue weighted by Crippen LogP contribution is 2.33. The van der Waals surface area contributed by atoms with Crippen LogP contribution >= 0.6 is 0 Å². The number of aryl methyl sites for hydroxylation is 2. The van der Waals surface area contributed by atoms with Crippen molar-refractivity contribution in [3.63, 3.8) is 0 Å². The quantitative estimate of drug-likeness (QED) is 0.510. The number of carbonyl (C=O) groups is 2. The van der Waals surface area contributed by atoms with Gasteiger partial charge in [0.05, 0.1) is 24.4 Å². The Morgan fingerprint density at radius 1 is 1.15 bits per heavy atom. The minimum absolute atomic E-state index is 0.134. The third kappa shape index (κ3) is 5.36. The second kappa shape index (κ2) is 9.40. The smallest absolute Gasteiger partial charge is 0.337 e. The van der Waals surface area contributed by atoms with Gasteiger partial charge < -0.3 is 14.8 Å². The van der Waals surface area contributed by atoms with Crippen molar-refractivity contribution in [3.8, 4) is 11.6 Å².